The molecule has 0 aliphatic carbocycles. The van der Waals surface area contributed by atoms with Crippen LogP contribution in [-0.2, 0) is 4.74 Å². The summed E-state index contributed by atoms with van der Waals surface area (Å²) in [6, 6.07) is 4.51. The number of hydrogen-bond donors (Lipinski definition) is 2. The van der Waals surface area contributed by atoms with Crippen LogP contribution in [0.1, 0.15) is 0 Å². The van der Waals surface area contributed by atoms with Gasteiger partial charge in [-0.2, -0.15) is 0 Å². The van der Waals surface area contributed by atoms with E-state index in [1.807, 2.05) is 0 Å². The highest BCUT2D eigenvalue weighted by atomic mass is 79.9. The van der Waals surface area contributed by atoms with Gasteiger partial charge in [0.05, 0.1) is 24.7 Å². The van der Waals surface area contributed by atoms with Crippen LogP contribution in [0.5, 0.6) is 0 Å². The molecule has 0 aromatic heterocycles. The second kappa shape index (κ2) is 7.21. The molecule has 0 saturated carbocycles. The number of nitrogens with one attached hydrogen (secondary N) is 1. The van der Waals surface area contributed by atoms with Gasteiger partial charge in [-0.05, 0) is 22.0 Å². The predicted octanol–water partition coefficient (Wildman–Crippen LogP) is 1.78. The molecule has 7 heteroatoms. The van der Waals surface area contributed by atoms with Crippen molar-refractivity contribution in [3.8, 4) is 0 Å². The molecule has 1 aromatic carbocycles. The molecule has 2 N–H and O–H groups in total. The SMILES string of the molecule is O=[N+]([O-])c1ccc(NCCOCCO)c(Br)c1. The minimum Gasteiger partial charge on any atom is -0.394 e. The highest BCUT2D eigenvalue weighted by Crippen LogP contribution is 2.26. The monoisotopic (exact) mass is 304 g/mol. The Labute approximate surface area is 107 Å². The number of nitro benzene ring substituents is 1. The number of non-ortho nitro benzene ring substituents is 1. The minimum absolute atomic E-state index is 0.00122. The van der Waals surface area contributed by atoms with Crippen molar-refractivity contribution in [2.75, 3.05) is 31.7 Å². The van der Waals surface area contributed by atoms with Gasteiger partial charge in [0.1, 0.15) is 0 Å². The molecule has 0 amide bonds. The van der Waals surface area contributed by atoms with E-state index in [0.717, 1.165) is 5.69 Å². The summed E-state index contributed by atoms with van der Waals surface area (Å²) in [6.45, 7) is 1.34. The molecule has 1 aromatic rings. The molecule has 0 heterocycles. The molecule has 0 atom stereocenters. The van der Waals surface area contributed by atoms with Gasteiger partial charge >= 0.3 is 0 Å². The van der Waals surface area contributed by atoms with Crippen molar-refractivity contribution in [1.29, 1.82) is 0 Å². The summed E-state index contributed by atoms with van der Waals surface area (Å²) < 4.78 is 5.70. The van der Waals surface area contributed by atoms with Crippen LogP contribution < -0.4 is 5.32 Å². The first kappa shape index (κ1) is 13.9. The summed E-state index contributed by atoms with van der Waals surface area (Å²) in [7, 11) is 0. The molecule has 6 nitrogen and oxygen atoms in total. The van der Waals surface area contributed by atoms with Crippen molar-refractivity contribution in [3.63, 3.8) is 0 Å². The Kier molecular flexibility index (Phi) is 5.88. The number of nitro groups is 1. The van der Waals surface area contributed by atoms with Gasteiger partial charge in [-0.1, -0.05) is 0 Å². The van der Waals surface area contributed by atoms with Crippen molar-refractivity contribution >= 4 is 27.3 Å². The van der Waals surface area contributed by atoms with E-state index in [0.29, 0.717) is 24.2 Å². The topological polar surface area (TPSA) is 84.6 Å². The van der Waals surface area contributed by atoms with Crippen LogP contribution in [-0.4, -0.2) is 36.4 Å². The van der Waals surface area contributed by atoms with Crippen LogP contribution in [0, 0.1) is 10.1 Å². The quantitative estimate of drug-likeness (QED) is 0.456. The summed E-state index contributed by atoms with van der Waals surface area (Å²) in [5.41, 5.74) is 0.808. The Balaban J connectivity index is 2.46. The Morgan fingerprint density at radius 1 is 1.47 bits per heavy atom. The van der Waals surface area contributed by atoms with Gasteiger partial charge < -0.3 is 15.2 Å². The van der Waals surface area contributed by atoms with E-state index in [4.69, 9.17) is 9.84 Å². The zero-order valence-corrected chi connectivity index (χ0v) is 10.6. The molecule has 0 aliphatic rings. The lowest BCUT2D eigenvalue weighted by atomic mass is 10.3. The minimum atomic E-state index is -0.446. The lowest BCUT2D eigenvalue weighted by molar-refractivity contribution is -0.384. The number of halogens is 1. The maximum absolute atomic E-state index is 10.5. The molecule has 0 fully saturated rings. The van der Waals surface area contributed by atoms with Crippen molar-refractivity contribution < 1.29 is 14.8 Å². The maximum atomic E-state index is 10.5. The van der Waals surface area contributed by atoms with Crippen LogP contribution >= 0.6 is 15.9 Å². The summed E-state index contributed by atoms with van der Waals surface area (Å²) in [6.07, 6.45) is 0. The molecule has 0 saturated heterocycles. The van der Waals surface area contributed by atoms with Crippen LogP contribution in [0.15, 0.2) is 22.7 Å². The molecule has 1 rings (SSSR count). The molecule has 17 heavy (non-hydrogen) atoms. The van der Waals surface area contributed by atoms with E-state index < -0.39 is 4.92 Å². The number of aliphatic hydroxyl groups is 1. The van der Waals surface area contributed by atoms with E-state index in [1.54, 1.807) is 6.07 Å². The number of aliphatic hydroxyl groups excluding tert-OH is 1. The van der Waals surface area contributed by atoms with E-state index in [1.165, 1.54) is 12.1 Å². The van der Waals surface area contributed by atoms with Crippen molar-refractivity contribution in [2.45, 2.75) is 0 Å². The van der Waals surface area contributed by atoms with Crippen molar-refractivity contribution in [1.82, 2.24) is 0 Å². The molecule has 0 unspecified atom stereocenters. The second-order valence-corrected chi connectivity index (χ2v) is 4.04. The molecular weight excluding hydrogens is 292 g/mol. The first-order valence-electron chi connectivity index (χ1n) is 5.01. The normalized spacial score (nSPS) is 10.2. The fraction of sp³-hybridized carbons (Fsp3) is 0.400. The average molecular weight is 305 g/mol. The van der Waals surface area contributed by atoms with E-state index in [2.05, 4.69) is 21.2 Å². The predicted molar refractivity (Wildman–Crippen MR) is 67.2 cm³/mol. The average Bonchev–Trinajstić information content (AvgIpc) is 2.30. The number of ether oxygens (including phenoxy) is 1. The summed E-state index contributed by atoms with van der Waals surface area (Å²) in [5.74, 6) is 0. The maximum Gasteiger partial charge on any atom is 0.270 e. The third kappa shape index (κ3) is 4.68. The van der Waals surface area contributed by atoms with Gasteiger partial charge in [0.2, 0.25) is 0 Å². The first-order chi connectivity index (χ1) is 8.15. The molecule has 0 radical (unpaired) electrons. The number of rotatable bonds is 7. The highest BCUT2D eigenvalue weighted by Gasteiger charge is 2.08. The fourth-order valence-corrected chi connectivity index (χ4v) is 1.69. The van der Waals surface area contributed by atoms with Crippen LogP contribution in [0.4, 0.5) is 11.4 Å². The third-order valence-corrected chi connectivity index (χ3v) is 2.62. The smallest absolute Gasteiger partial charge is 0.270 e. The molecule has 0 bridgehead atoms. The van der Waals surface area contributed by atoms with Gasteiger partial charge in [-0.15, -0.1) is 0 Å². The lowest BCUT2D eigenvalue weighted by Crippen LogP contribution is -2.11. The van der Waals surface area contributed by atoms with E-state index in [-0.39, 0.29) is 12.3 Å². The largest absolute Gasteiger partial charge is 0.394 e. The Hall–Kier alpha value is -1.18. The zero-order chi connectivity index (χ0) is 12.7. The Bertz CT molecular complexity index is 387. The van der Waals surface area contributed by atoms with Gasteiger partial charge in [-0.25, -0.2) is 0 Å². The highest BCUT2D eigenvalue weighted by molar-refractivity contribution is 9.10. The molecular formula is C10H13BrN2O4. The van der Waals surface area contributed by atoms with Crippen LogP contribution in [0.25, 0.3) is 0 Å². The van der Waals surface area contributed by atoms with E-state index >= 15 is 0 Å². The molecule has 94 valence electrons. The van der Waals surface area contributed by atoms with Crippen molar-refractivity contribution in [3.05, 3.63) is 32.8 Å². The van der Waals surface area contributed by atoms with Gasteiger partial charge in [0, 0.05) is 28.8 Å². The summed E-state index contributed by atoms with van der Waals surface area (Å²) in [5, 5.41) is 22.1. The van der Waals surface area contributed by atoms with E-state index in [9.17, 15) is 10.1 Å². The number of hydrogen-bond acceptors (Lipinski definition) is 5. The fourth-order valence-electron chi connectivity index (χ4n) is 1.19. The van der Waals surface area contributed by atoms with Crippen LogP contribution in [0.3, 0.4) is 0 Å². The lowest BCUT2D eigenvalue weighted by Gasteiger charge is -2.08. The number of anilines is 1. The first-order valence-corrected chi connectivity index (χ1v) is 5.81. The van der Waals surface area contributed by atoms with Crippen LogP contribution in [0.2, 0.25) is 0 Å². The Morgan fingerprint density at radius 3 is 2.82 bits per heavy atom. The third-order valence-electron chi connectivity index (χ3n) is 1.96. The molecule has 0 aliphatic heterocycles. The van der Waals surface area contributed by atoms with Gasteiger partial charge in [-0.3, -0.25) is 10.1 Å². The molecule has 0 spiro atoms. The second-order valence-electron chi connectivity index (χ2n) is 3.18. The number of benzene rings is 1. The zero-order valence-electron chi connectivity index (χ0n) is 9.06. The standard InChI is InChI=1S/C10H13BrN2O4/c11-9-7-8(13(15)16)1-2-10(9)12-3-5-17-6-4-14/h1-2,7,12,14H,3-6H2. The summed E-state index contributed by atoms with van der Waals surface area (Å²) in [4.78, 5) is 10.1. The Morgan fingerprint density at radius 2 is 2.24 bits per heavy atom. The number of nitrogens with zero attached hydrogens (tertiary/aromatic N) is 1. The van der Waals surface area contributed by atoms with Gasteiger partial charge in [0.25, 0.3) is 5.69 Å². The van der Waals surface area contributed by atoms with Crippen molar-refractivity contribution in [2.24, 2.45) is 0 Å². The van der Waals surface area contributed by atoms with Gasteiger partial charge in [0.15, 0.2) is 0 Å². The summed E-state index contributed by atoms with van der Waals surface area (Å²) >= 11 is 3.25.